The highest BCUT2D eigenvalue weighted by atomic mass is 16.2. The first-order chi connectivity index (χ1) is 9.02. The fraction of sp³-hybridized carbons (Fsp3) is 0.938. The minimum absolute atomic E-state index is 0.0890. The molecule has 0 aromatic carbocycles. The average Bonchev–Trinajstić information content (AvgIpc) is 2.31. The normalized spacial score (nSPS) is 41.6. The van der Waals surface area contributed by atoms with Gasteiger partial charge in [0.1, 0.15) is 0 Å². The second-order valence-electron chi connectivity index (χ2n) is 7.70. The third-order valence-corrected chi connectivity index (χ3v) is 5.60. The van der Waals surface area contributed by atoms with Crippen molar-refractivity contribution < 1.29 is 4.79 Å². The summed E-state index contributed by atoms with van der Waals surface area (Å²) in [6.45, 7) is 4.24. The van der Waals surface area contributed by atoms with Gasteiger partial charge in [0.05, 0.1) is 6.04 Å². The molecule has 0 heterocycles. The summed E-state index contributed by atoms with van der Waals surface area (Å²) in [7, 11) is 0. The number of rotatable bonds is 4. The van der Waals surface area contributed by atoms with Crippen molar-refractivity contribution in [3.63, 3.8) is 0 Å². The van der Waals surface area contributed by atoms with Crippen molar-refractivity contribution in [1.29, 1.82) is 0 Å². The van der Waals surface area contributed by atoms with E-state index in [2.05, 4.69) is 19.2 Å². The van der Waals surface area contributed by atoms with Crippen molar-refractivity contribution >= 4 is 5.91 Å². The molecule has 3 N–H and O–H groups in total. The van der Waals surface area contributed by atoms with Crippen LogP contribution in [0.25, 0.3) is 0 Å². The quantitative estimate of drug-likeness (QED) is 0.818. The molecule has 0 unspecified atom stereocenters. The van der Waals surface area contributed by atoms with Crippen LogP contribution in [0.5, 0.6) is 0 Å². The lowest BCUT2D eigenvalue weighted by molar-refractivity contribution is -0.126. The molecule has 1 amide bonds. The fourth-order valence-corrected chi connectivity index (χ4v) is 5.05. The molecule has 3 nitrogen and oxygen atoms in total. The topological polar surface area (TPSA) is 55.1 Å². The van der Waals surface area contributed by atoms with E-state index in [0.29, 0.717) is 12.0 Å². The number of hydrogen-bond donors (Lipinski definition) is 2. The van der Waals surface area contributed by atoms with E-state index in [1.54, 1.807) is 0 Å². The minimum Gasteiger partial charge on any atom is -0.351 e. The van der Waals surface area contributed by atoms with Gasteiger partial charge in [-0.2, -0.15) is 0 Å². The molecule has 0 aromatic rings. The van der Waals surface area contributed by atoms with Gasteiger partial charge in [0.15, 0.2) is 0 Å². The second-order valence-corrected chi connectivity index (χ2v) is 7.70. The maximum atomic E-state index is 12.2. The maximum Gasteiger partial charge on any atom is 0.237 e. The largest absolute Gasteiger partial charge is 0.351 e. The van der Waals surface area contributed by atoms with Crippen LogP contribution in [0.3, 0.4) is 0 Å². The van der Waals surface area contributed by atoms with Gasteiger partial charge in [0, 0.05) is 6.04 Å². The van der Waals surface area contributed by atoms with E-state index >= 15 is 0 Å². The van der Waals surface area contributed by atoms with Crippen molar-refractivity contribution in [2.75, 3.05) is 0 Å². The molecule has 4 aliphatic rings. The van der Waals surface area contributed by atoms with Crippen LogP contribution < -0.4 is 11.1 Å². The van der Waals surface area contributed by atoms with E-state index in [4.69, 9.17) is 5.73 Å². The molecule has 0 radical (unpaired) electrons. The number of amides is 1. The first-order valence-electron chi connectivity index (χ1n) is 8.09. The number of carbonyl (C=O) groups is 1. The molecular formula is C16H28N2O. The molecular weight excluding hydrogens is 236 g/mol. The number of nitrogens with one attached hydrogen (secondary N) is 1. The molecule has 4 saturated carbocycles. The molecule has 4 fully saturated rings. The van der Waals surface area contributed by atoms with Crippen molar-refractivity contribution in [2.24, 2.45) is 35.3 Å². The minimum atomic E-state index is -0.322. The molecule has 0 spiro atoms. The zero-order chi connectivity index (χ0) is 13.6. The molecule has 4 rings (SSSR count). The van der Waals surface area contributed by atoms with Gasteiger partial charge in [-0.1, -0.05) is 13.8 Å². The first kappa shape index (κ1) is 13.4. The summed E-state index contributed by atoms with van der Waals surface area (Å²) in [5.41, 5.74) is 6.01. The highest BCUT2D eigenvalue weighted by molar-refractivity contribution is 5.81. The summed E-state index contributed by atoms with van der Waals surface area (Å²) < 4.78 is 0. The van der Waals surface area contributed by atoms with E-state index in [1.807, 2.05) is 0 Å². The van der Waals surface area contributed by atoms with E-state index in [1.165, 1.54) is 32.1 Å². The highest BCUT2D eigenvalue weighted by Crippen LogP contribution is 2.53. The Kier molecular flexibility index (Phi) is 3.59. The molecule has 1 atom stereocenters. The Morgan fingerprint density at radius 1 is 1.11 bits per heavy atom. The van der Waals surface area contributed by atoms with Crippen LogP contribution in [0.2, 0.25) is 0 Å². The van der Waals surface area contributed by atoms with Gasteiger partial charge >= 0.3 is 0 Å². The Bertz CT molecular complexity index is 325. The SMILES string of the molecule is CC(C)C[C@H](N)C(=O)NC1C2CC3CC(C2)CC1C3. The van der Waals surface area contributed by atoms with Gasteiger partial charge in [0.2, 0.25) is 5.91 Å². The van der Waals surface area contributed by atoms with E-state index in [0.717, 1.165) is 30.1 Å². The van der Waals surface area contributed by atoms with Crippen LogP contribution in [0.4, 0.5) is 0 Å². The summed E-state index contributed by atoms with van der Waals surface area (Å²) in [5.74, 6) is 3.98. The van der Waals surface area contributed by atoms with Crippen LogP contribution in [-0.2, 0) is 4.79 Å². The third kappa shape index (κ3) is 2.67. The Morgan fingerprint density at radius 3 is 2.11 bits per heavy atom. The van der Waals surface area contributed by atoms with Gasteiger partial charge in [-0.25, -0.2) is 0 Å². The van der Waals surface area contributed by atoms with E-state index < -0.39 is 0 Å². The molecule has 0 aromatic heterocycles. The van der Waals surface area contributed by atoms with Crippen molar-refractivity contribution in [3.8, 4) is 0 Å². The predicted molar refractivity (Wildman–Crippen MR) is 76.4 cm³/mol. The van der Waals surface area contributed by atoms with Crippen LogP contribution in [0.15, 0.2) is 0 Å². The Hall–Kier alpha value is -0.570. The Balaban J connectivity index is 1.59. The Morgan fingerprint density at radius 2 is 1.63 bits per heavy atom. The second kappa shape index (κ2) is 5.08. The molecule has 108 valence electrons. The molecule has 3 heteroatoms. The van der Waals surface area contributed by atoms with E-state index in [9.17, 15) is 4.79 Å². The fourth-order valence-electron chi connectivity index (χ4n) is 5.05. The van der Waals surface area contributed by atoms with Crippen molar-refractivity contribution in [2.45, 2.75) is 64.5 Å². The van der Waals surface area contributed by atoms with Gasteiger partial charge < -0.3 is 11.1 Å². The summed E-state index contributed by atoms with van der Waals surface area (Å²) in [6.07, 6.45) is 7.63. The van der Waals surface area contributed by atoms with E-state index in [-0.39, 0.29) is 11.9 Å². The third-order valence-electron chi connectivity index (χ3n) is 5.60. The van der Waals surface area contributed by atoms with Crippen LogP contribution in [-0.4, -0.2) is 18.0 Å². The molecule has 19 heavy (non-hydrogen) atoms. The van der Waals surface area contributed by atoms with Gasteiger partial charge in [-0.15, -0.1) is 0 Å². The van der Waals surface area contributed by atoms with Crippen molar-refractivity contribution in [3.05, 3.63) is 0 Å². The van der Waals surface area contributed by atoms with Gasteiger partial charge in [0.25, 0.3) is 0 Å². The number of nitrogens with two attached hydrogens (primary N) is 1. The molecule has 4 aliphatic carbocycles. The molecule has 0 aliphatic heterocycles. The summed E-state index contributed by atoms with van der Waals surface area (Å²) in [6, 6.07) is 0.107. The van der Waals surface area contributed by atoms with Crippen LogP contribution in [0, 0.1) is 29.6 Å². The monoisotopic (exact) mass is 264 g/mol. The lowest BCUT2D eigenvalue weighted by Gasteiger charge is -2.54. The standard InChI is InChI=1S/C16H28N2O/c1-9(2)3-14(17)16(19)18-15-12-5-10-4-11(7-12)8-13(15)6-10/h9-15H,3-8,17H2,1-2H3,(H,18,19)/t10?,11?,12?,13?,14-,15?/m0/s1. The lowest BCUT2D eigenvalue weighted by Crippen LogP contribution is -2.58. The predicted octanol–water partition coefficient (Wildman–Crippen LogP) is 2.30. The maximum absolute atomic E-state index is 12.2. The summed E-state index contributed by atoms with van der Waals surface area (Å²) in [5, 5.41) is 3.30. The summed E-state index contributed by atoms with van der Waals surface area (Å²) in [4.78, 5) is 12.2. The van der Waals surface area contributed by atoms with Crippen molar-refractivity contribution in [1.82, 2.24) is 5.32 Å². The first-order valence-corrected chi connectivity index (χ1v) is 8.09. The molecule has 0 saturated heterocycles. The molecule has 4 bridgehead atoms. The number of carbonyl (C=O) groups excluding carboxylic acids is 1. The zero-order valence-electron chi connectivity index (χ0n) is 12.3. The Labute approximate surface area is 116 Å². The van der Waals surface area contributed by atoms with Gasteiger partial charge in [-0.3, -0.25) is 4.79 Å². The summed E-state index contributed by atoms with van der Waals surface area (Å²) >= 11 is 0. The zero-order valence-corrected chi connectivity index (χ0v) is 12.3. The van der Waals surface area contributed by atoms with Crippen LogP contribution >= 0.6 is 0 Å². The smallest absolute Gasteiger partial charge is 0.237 e. The van der Waals surface area contributed by atoms with Gasteiger partial charge in [-0.05, 0) is 68.1 Å². The average molecular weight is 264 g/mol. The highest BCUT2D eigenvalue weighted by Gasteiger charge is 2.48. The lowest BCUT2D eigenvalue weighted by atomic mass is 9.54. The van der Waals surface area contributed by atoms with Crippen LogP contribution in [0.1, 0.15) is 52.4 Å². The number of hydrogen-bond acceptors (Lipinski definition) is 2.